The third-order valence-corrected chi connectivity index (χ3v) is 7.61. The molecule has 1 aromatic heterocycles. The summed E-state index contributed by atoms with van der Waals surface area (Å²) in [5, 5.41) is 14.1. The van der Waals surface area contributed by atoms with Crippen LogP contribution in [0.4, 0.5) is 15.9 Å². The molecule has 0 amide bonds. The number of nitrogens with one attached hydrogen (secondary N) is 1. The first-order valence-corrected chi connectivity index (χ1v) is 12.3. The van der Waals surface area contributed by atoms with E-state index < -0.39 is 0 Å². The molecule has 4 unspecified atom stereocenters. The fraction of sp³-hybridized carbons (Fsp3) is 0.480. The Morgan fingerprint density at radius 3 is 2.69 bits per heavy atom. The monoisotopic (exact) mass is 501 g/mol. The van der Waals surface area contributed by atoms with Gasteiger partial charge in [0.2, 0.25) is 0 Å². The van der Waals surface area contributed by atoms with E-state index in [2.05, 4.69) is 33.5 Å². The van der Waals surface area contributed by atoms with Crippen LogP contribution >= 0.6 is 11.6 Å². The molecule has 1 fully saturated rings. The number of allylic oxidation sites excluding steroid dienone is 1. The highest BCUT2D eigenvalue weighted by Crippen LogP contribution is 2.51. The minimum atomic E-state index is -0.388. The molecule has 0 bridgehead atoms. The fourth-order valence-electron chi connectivity index (χ4n) is 5.55. The van der Waals surface area contributed by atoms with Crippen molar-refractivity contribution < 1.29 is 9.18 Å². The van der Waals surface area contributed by atoms with Crippen LogP contribution in [0.5, 0.6) is 0 Å². The molecule has 0 spiro atoms. The van der Waals surface area contributed by atoms with Crippen LogP contribution in [0.2, 0.25) is 5.02 Å². The normalized spacial score (nSPS) is 25.0. The van der Waals surface area contributed by atoms with E-state index in [4.69, 9.17) is 23.1 Å². The van der Waals surface area contributed by atoms with Gasteiger partial charge in [-0.2, -0.15) is 10.2 Å². The highest BCUT2D eigenvalue weighted by atomic mass is 35.5. The van der Waals surface area contributed by atoms with Crippen molar-refractivity contribution in [1.82, 2.24) is 14.8 Å². The molecule has 1 aromatic carbocycles. The van der Waals surface area contributed by atoms with Crippen molar-refractivity contribution in [3.05, 3.63) is 51.9 Å². The van der Waals surface area contributed by atoms with Crippen LogP contribution in [0.3, 0.4) is 0 Å². The lowest BCUT2D eigenvalue weighted by atomic mass is 9.94. The van der Waals surface area contributed by atoms with Crippen molar-refractivity contribution in [1.29, 1.82) is 0 Å². The standard InChI is InChI=1S/C18H26N6O.C7H7ClFN/c1-3-24-15(8-16(19)21-24)12-4-10-6-13(7-11(10)5-12)17-14(9-25)18(20)23(2)22-17;1-10-5-2-3-7(9)6(8)4-5/h4,9-11,13,15H,3,5-8,20H2,1-2H3,(H2,19,21);2-4,10H,1H3. The second-order valence-electron chi connectivity index (χ2n) is 9.41. The summed E-state index contributed by atoms with van der Waals surface area (Å²) in [5.41, 5.74) is 15.7. The number of nitrogens with zero attached hydrogens (tertiary/aromatic N) is 4. The molecule has 0 saturated heterocycles. The summed E-state index contributed by atoms with van der Waals surface area (Å²) in [6.45, 7) is 3.00. The lowest BCUT2D eigenvalue weighted by Crippen LogP contribution is -2.28. The molecule has 3 aliphatic rings. The molecule has 2 heterocycles. The SMILES string of the molecule is CCN1N=C(N)CC1C1=CC2CC(c3nn(C)c(N)c3C=O)CC2C1.CNc1ccc(F)c(Cl)c1. The molecular formula is C25H33ClFN7O. The van der Waals surface area contributed by atoms with Crippen LogP contribution in [0.15, 0.2) is 34.9 Å². The number of carbonyl (C=O) groups is 1. The van der Waals surface area contributed by atoms with Gasteiger partial charge in [0.15, 0.2) is 6.29 Å². The molecular weight excluding hydrogens is 469 g/mol. The van der Waals surface area contributed by atoms with E-state index in [1.54, 1.807) is 24.8 Å². The zero-order valence-corrected chi connectivity index (χ0v) is 21.1. The van der Waals surface area contributed by atoms with Crippen molar-refractivity contribution in [3.8, 4) is 0 Å². The number of amidine groups is 1. The van der Waals surface area contributed by atoms with Gasteiger partial charge in [-0.15, -0.1) is 0 Å². The Bertz CT molecular complexity index is 1160. The van der Waals surface area contributed by atoms with Gasteiger partial charge in [0, 0.05) is 38.7 Å². The molecule has 2 aliphatic carbocycles. The molecule has 35 heavy (non-hydrogen) atoms. The number of hydrazone groups is 1. The Morgan fingerprint density at radius 2 is 2.06 bits per heavy atom. The number of aryl methyl sites for hydroxylation is 1. The van der Waals surface area contributed by atoms with Gasteiger partial charge in [-0.3, -0.25) is 14.5 Å². The molecule has 4 atom stereocenters. The van der Waals surface area contributed by atoms with Crippen LogP contribution in [0.1, 0.15) is 54.6 Å². The van der Waals surface area contributed by atoms with Gasteiger partial charge in [-0.05, 0) is 61.8 Å². The largest absolute Gasteiger partial charge is 0.388 e. The molecule has 1 aliphatic heterocycles. The van der Waals surface area contributed by atoms with Crippen molar-refractivity contribution >= 4 is 35.2 Å². The highest BCUT2D eigenvalue weighted by molar-refractivity contribution is 6.31. The minimum Gasteiger partial charge on any atom is -0.388 e. The van der Waals surface area contributed by atoms with Crippen LogP contribution < -0.4 is 16.8 Å². The van der Waals surface area contributed by atoms with Crippen LogP contribution in [0, 0.1) is 17.7 Å². The first kappa shape index (κ1) is 25.0. The molecule has 8 nitrogen and oxygen atoms in total. The minimum absolute atomic E-state index is 0.145. The topological polar surface area (TPSA) is 115 Å². The number of nitrogen functional groups attached to an aromatic ring is 1. The smallest absolute Gasteiger partial charge is 0.155 e. The predicted molar refractivity (Wildman–Crippen MR) is 138 cm³/mol. The zero-order chi connectivity index (χ0) is 25.3. The summed E-state index contributed by atoms with van der Waals surface area (Å²) in [7, 11) is 3.55. The van der Waals surface area contributed by atoms with E-state index in [-0.39, 0.29) is 10.8 Å². The van der Waals surface area contributed by atoms with Crippen molar-refractivity contribution in [3.63, 3.8) is 0 Å². The maximum absolute atomic E-state index is 12.5. The Kier molecular flexibility index (Phi) is 7.35. The Hall–Kier alpha value is -3.07. The number of rotatable bonds is 5. The van der Waals surface area contributed by atoms with Gasteiger partial charge < -0.3 is 16.8 Å². The van der Waals surface area contributed by atoms with Crippen LogP contribution in [0.25, 0.3) is 0 Å². The van der Waals surface area contributed by atoms with E-state index in [9.17, 15) is 9.18 Å². The molecule has 5 rings (SSSR count). The second-order valence-corrected chi connectivity index (χ2v) is 9.82. The number of likely N-dealkylation sites (N-methyl/N-ethyl adjacent to an activating group) is 1. The van der Waals surface area contributed by atoms with E-state index in [0.717, 1.165) is 55.7 Å². The quantitative estimate of drug-likeness (QED) is 0.419. The number of carbonyl (C=O) groups excluding carboxylic acids is 1. The maximum Gasteiger partial charge on any atom is 0.155 e. The Balaban J connectivity index is 0.000000243. The number of benzene rings is 1. The second kappa shape index (κ2) is 10.3. The number of aromatic nitrogens is 2. The summed E-state index contributed by atoms with van der Waals surface area (Å²) < 4.78 is 14.1. The summed E-state index contributed by atoms with van der Waals surface area (Å²) >= 11 is 5.48. The average Bonchev–Trinajstić information content (AvgIpc) is 3.58. The third kappa shape index (κ3) is 5.00. The number of halogens is 2. The van der Waals surface area contributed by atoms with Crippen molar-refractivity contribution in [2.75, 3.05) is 24.6 Å². The Morgan fingerprint density at radius 1 is 1.29 bits per heavy atom. The first-order chi connectivity index (χ1) is 16.7. The molecule has 10 heteroatoms. The summed E-state index contributed by atoms with van der Waals surface area (Å²) in [6.07, 6.45) is 7.35. The van der Waals surface area contributed by atoms with Crippen LogP contribution in [-0.4, -0.2) is 46.5 Å². The summed E-state index contributed by atoms with van der Waals surface area (Å²) in [6, 6.07) is 4.83. The van der Waals surface area contributed by atoms with Gasteiger partial charge in [0.25, 0.3) is 0 Å². The lowest BCUT2D eigenvalue weighted by molar-refractivity contribution is 0.112. The Labute approximate surface area is 210 Å². The molecule has 0 radical (unpaired) electrons. The van der Waals surface area contributed by atoms with E-state index in [1.165, 1.54) is 17.7 Å². The number of hydrogen-bond acceptors (Lipinski definition) is 7. The van der Waals surface area contributed by atoms with E-state index in [1.807, 2.05) is 0 Å². The highest BCUT2D eigenvalue weighted by Gasteiger charge is 2.42. The van der Waals surface area contributed by atoms with Gasteiger partial charge in [0.1, 0.15) is 17.5 Å². The van der Waals surface area contributed by atoms with Gasteiger partial charge >= 0.3 is 0 Å². The summed E-state index contributed by atoms with van der Waals surface area (Å²) in [5.74, 6) is 2.33. The summed E-state index contributed by atoms with van der Waals surface area (Å²) in [4.78, 5) is 11.4. The number of fused-ring (bicyclic) bond motifs is 1. The number of nitrogens with two attached hydrogens (primary N) is 2. The number of aldehydes is 1. The van der Waals surface area contributed by atoms with Crippen molar-refractivity contribution in [2.24, 2.45) is 29.7 Å². The molecule has 2 aromatic rings. The molecule has 188 valence electrons. The number of anilines is 2. The fourth-order valence-corrected chi connectivity index (χ4v) is 5.73. The first-order valence-electron chi connectivity index (χ1n) is 12.0. The van der Waals surface area contributed by atoms with Gasteiger partial charge in [-0.1, -0.05) is 17.7 Å². The number of hydrogen-bond donors (Lipinski definition) is 3. The maximum atomic E-state index is 12.5. The predicted octanol–water partition coefficient (Wildman–Crippen LogP) is 4.14. The van der Waals surface area contributed by atoms with Gasteiger partial charge in [-0.25, -0.2) is 4.39 Å². The van der Waals surface area contributed by atoms with E-state index in [0.29, 0.717) is 35.2 Å². The third-order valence-electron chi connectivity index (χ3n) is 7.32. The zero-order valence-electron chi connectivity index (χ0n) is 20.3. The molecule has 1 saturated carbocycles. The van der Waals surface area contributed by atoms with Crippen molar-refractivity contribution in [2.45, 2.75) is 44.6 Å². The lowest BCUT2D eigenvalue weighted by Gasteiger charge is -2.23. The molecule has 5 N–H and O–H groups in total. The average molecular weight is 502 g/mol. The van der Waals surface area contributed by atoms with Gasteiger partial charge in [0.05, 0.1) is 22.3 Å². The van der Waals surface area contributed by atoms with E-state index >= 15 is 0 Å². The van der Waals surface area contributed by atoms with Crippen LogP contribution in [-0.2, 0) is 7.05 Å².